The van der Waals surface area contributed by atoms with Gasteiger partial charge in [-0.3, -0.25) is 4.79 Å². The molecule has 13 heteroatoms. The Hall–Kier alpha value is -3.45. The van der Waals surface area contributed by atoms with Gasteiger partial charge in [-0.25, -0.2) is 9.78 Å². The maximum atomic E-state index is 12.8. The SMILES string of the molecule is COc1cccc(NC(=O)c2cc3c(cn2)N(OC(=O)C(F)(F)F)N(CC2CCOC2)C3)n1. The summed E-state index contributed by atoms with van der Waals surface area (Å²) in [6.45, 7) is 1.43. The van der Waals surface area contributed by atoms with Gasteiger partial charge in [0.15, 0.2) is 0 Å². The van der Waals surface area contributed by atoms with E-state index in [0.29, 0.717) is 31.2 Å². The molecule has 1 fully saturated rings. The molecule has 1 amide bonds. The zero-order valence-electron chi connectivity index (χ0n) is 17.5. The van der Waals surface area contributed by atoms with Crippen molar-refractivity contribution < 1.29 is 37.1 Å². The van der Waals surface area contributed by atoms with Gasteiger partial charge in [-0.1, -0.05) is 6.07 Å². The second-order valence-electron chi connectivity index (χ2n) is 7.44. The number of hydrogen-bond donors (Lipinski definition) is 1. The van der Waals surface area contributed by atoms with Gasteiger partial charge in [-0.05, 0) is 24.5 Å². The normalized spacial score (nSPS) is 18.2. The Labute approximate surface area is 186 Å². The van der Waals surface area contributed by atoms with E-state index in [4.69, 9.17) is 9.47 Å². The topological polar surface area (TPSA) is 106 Å². The number of carbonyl (C=O) groups excluding carboxylic acids is 2. The highest BCUT2D eigenvalue weighted by atomic mass is 19.4. The predicted molar refractivity (Wildman–Crippen MR) is 107 cm³/mol. The lowest BCUT2D eigenvalue weighted by atomic mass is 10.1. The first kappa shape index (κ1) is 22.7. The largest absolute Gasteiger partial charge is 0.493 e. The van der Waals surface area contributed by atoms with Crippen LogP contribution in [0.5, 0.6) is 5.88 Å². The quantitative estimate of drug-likeness (QED) is 0.685. The van der Waals surface area contributed by atoms with E-state index >= 15 is 0 Å². The van der Waals surface area contributed by atoms with E-state index in [1.54, 1.807) is 18.2 Å². The van der Waals surface area contributed by atoms with E-state index in [1.165, 1.54) is 24.4 Å². The summed E-state index contributed by atoms with van der Waals surface area (Å²) in [4.78, 5) is 36.9. The molecule has 10 nitrogen and oxygen atoms in total. The molecule has 1 N–H and O–H groups in total. The lowest BCUT2D eigenvalue weighted by Crippen LogP contribution is -2.44. The molecule has 2 aromatic heterocycles. The van der Waals surface area contributed by atoms with Gasteiger partial charge in [0.25, 0.3) is 5.91 Å². The van der Waals surface area contributed by atoms with Crippen LogP contribution in [0.1, 0.15) is 22.5 Å². The molecule has 2 aromatic rings. The van der Waals surface area contributed by atoms with Gasteiger partial charge in [0.1, 0.15) is 17.2 Å². The average molecular weight is 467 g/mol. The maximum absolute atomic E-state index is 12.8. The van der Waals surface area contributed by atoms with Crippen molar-refractivity contribution in [2.45, 2.75) is 19.1 Å². The molecule has 0 radical (unpaired) electrons. The van der Waals surface area contributed by atoms with Gasteiger partial charge in [-0.15, -0.1) is 5.17 Å². The van der Waals surface area contributed by atoms with Gasteiger partial charge in [0.2, 0.25) is 5.88 Å². The molecule has 1 atom stereocenters. The van der Waals surface area contributed by atoms with Gasteiger partial charge in [0, 0.05) is 31.3 Å². The maximum Gasteiger partial charge on any atom is 0.493 e. The molecule has 0 saturated carbocycles. The van der Waals surface area contributed by atoms with E-state index in [1.807, 2.05) is 0 Å². The number of carbonyl (C=O) groups is 2. The van der Waals surface area contributed by atoms with Crippen molar-refractivity contribution in [2.75, 3.05) is 37.4 Å². The first-order valence-corrected chi connectivity index (χ1v) is 9.98. The molecule has 4 heterocycles. The van der Waals surface area contributed by atoms with Gasteiger partial charge in [-0.2, -0.15) is 23.2 Å². The summed E-state index contributed by atoms with van der Waals surface area (Å²) in [5.41, 5.74) is 0.636. The fourth-order valence-electron chi connectivity index (χ4n) is 3.51. The third-order valence-corrected chi connectivity index (χ3v) is 5.08. The molecule has 2 aliphatic heterocycles. The van der Waals surface area contributed by atoms with E-state index in [-0.39, 0.29) is 29.7 Å². The minimum atomic E-state index is -5.16. The fourth-order valence-corrected chi connectivity index (χ4v) is 3.51. The van der Waals surface area contributed by atoms with Crippen LogP contribution in [0.25, 0.3) is 0 Å². The van der Waals surface area contributed by atoms with E-state index in [0.717, 1.165) is 11.6 Å². The number of rotatable bonds is 6. The molecule has 4 rings (SSSR count). The first-order valence-electron chi connectivity index (χ1n) is 9.98. The Kier molecular flexibility index (Phi) is 6.33. The highest BCUT2D eigenvalue weighted by Gasteiger charge is 2.45. The van der Waals surface area contributed by atoms with Crippen molar-refractivity contribution in [1.29, 1.82) is 0 Å². The van der Waals surface area contributed by atoms with Gasteiger partial charge < -0.3 is 19.6 Å². The molecule has 176 valence electrons. The molecule has 0 bridgehead atoms. The molecule has 0 aliphatic carbocycles. The Balaban J connectivity index is 1.55. The van der Waals surface area contributed by atoms with Crippen LogP contribution in [0, 0.1) is 5.92 Å². The number of fused-ring (bicyclic) bond motifs is 1. The number of hydrazine groups is 1. The molecule has 0 spiro atoms. The molecular formula is C20H20F3N5O5. The highest BCUT2D eigenvalue weighted by molar-refractivity contribution is 6.02. The number of methoxy groups -OCH3 is 1. The van der Waals surface area contributed by atoms with Crippen LogP contribution in [-0.2, 0) is 20.9 Å². The summed E-state index contributed by atoms with van der Waals surface area (Å²) < 4.78 is 48.8. The summed E-state index contributed by atoms with van der Waals surface area (Å²) in [6.07, 6.45) is -3.24. The number of ether oxygens (including phenoxy) is 2. The van der Waals surface area contributed by atoms with Crippen LogP contribution in [0.2, 0.25) is 0 Å². The zero-order chi connectivity index (χ0) is 23.6. The average Bonchev–Trinajstić information content (AvgIpc) is 3.41. The first-order chi connectivity index (χ1) is 15.7. The van der Waals surface area contributed by atoms with E-state index in [9.17, 15) is 22.8 Å². The highest BCUT2D eigenvalue weighted by Crippen LogP contribution is 2.34. The van der Waals surface area contributed by atoms with Crippen LogP contribution < -0.4 is 15.2 Å². The van der Waals surface area contributed by atoms with Crippen molar-refractivity contribution in [2.24, 2.45) is 5.92 Å². The van der Waals surface area contributed by atoms with Crippen LogP contribution >= 0.6 is 0 Å². The molecule has 0 aromatic carbocycles. The van der Waals surface area contributed by atoms with Crippen LogP contribution in [0.15, 0.2) is 30.5 Å². The summed E-state index contributed by atoms with van der Waals surface area (Å²) in [6, 6.07) is 6.26. The van der Waals surface area contributed by atoms with Crippen LogP contribution in [0.4, 0.5) is 24.7 Å². The van der Waals surface area contributed by atoms with Crippen molar-refractivity contribution >= 4 is 23.4 Å². The number of halogens is 3. The summed E-state index contributed by atoms with van der Waals surface area (Å²) >= 11 is 0. The smallest absolute Gasteiger partial charge is 0.481 e. The number of pyridine rings is 2. The monoisotopic (exact) mass is 467 g/mol. The second kappa shape index (κ2) is 9.19. The Bertz CT molecular complexity index is 1040. The summed E-state index contributed by atoms with van der Waals surface area (Å²) in [5, 5.41) is 4.84. The van der Waals surface area contributed by atoms with Crippen molar-refractivity contribution in [3.05, 3.63) is 41.7 Å². The summed E-state index contributed by atoms with van der Waals surface area (Å²) in [7, 11) is 1.44. The number of nitrogens with zero attached hydrogens (tertiary/aromatic N) is 4. The Morgan fingerprint density at radius 2 is 2.15 bits per heavy atom. The lowest BCUT2D eigenvalue weighted by Gasteiger charge is -2.29. The molecule has 33 heavy (non-hydrogen) atoms. The predicted octanol–water partition coefficient (Wildman–Crippen LogP) is 2.33. The summed E-state index contributed by atoms with van der Waals surface area (Å²) in [5.74, 6) is -2.32. The fraction of sp³-hybridized carbons (Fsp3) is 0.400. The third-order valence-electron chi connectivity index (χ3n) is 5.08. The van der Waals surface area contributed by atoms with Crippen molar-refractivity contribution in [3.8, 4) is 5.88 Å². The Morgan fingerprint density at radius 1 is 1.33 bits per heavy atom. The number of alkyl halides is 3. The minimum Gasteiger partial charge on any atom is -0.481 e. The van der Waals surface area contributed by atoms with Gasteiger partial charge in [0.05, 0.1) is 19.9 Å². The van der Waals surface area contributed by atoms with E-state index < -0.39 is 18.1 Å². The number of amides is 1. The molecule has 2 aliphatic rings. The number of hydrogen-bond acceptors (Lipinski definition) is 9. The number of nitrogens with one attached hydrogen (secondary N) is 1. The minimum absolute atomic E-state index is 0.0199. The standard InChI is InChI=1S/C20H20F3N5O5/c1-31-17-4-2-3-16(25-17)26-18(29)14-7-13-10-27(9-12-5-6-32-11-12)28(15(13)8-24-14)33-19(30)20(21,22)23/h2-4,7-8,12H,5-6,9-11H2,1H3,(H,25,26,29). The second-order valence-corrected chi connectivity index (χ2v) is 7.44. The van der Waals surface area contributed by atoms with Crippen molar-refractivity contribution in [1.82, 2.24) is 15.0 Å². The van der Waals surface area contributed by atoms with Crippen molar-refractivity contribution in [3.63, 3.8) is 0 Å². The van der Waals surface area contributed by atoms with E-state index in [2.05, 4.69) is 20.1 Å². The molecule has 1 saturated heterocycles. The van der Waals surface area contributed by atoms with Gasteiger partial charge >= 0.3 is 12.1 Å². The van der Waals surface area contributed by atoms with Crippen LogP contribution in [-0.4, -0.2) is 59.9 Å². The Morgan fingerprint density at radius 3 is 2.85 bits per heavy atom. The lowest BCUT2D eigenvalue weighted by molar-refractivity contribution is -0.206. The zero-order valence-corrected chi connectivity index (χ0v) is 17.5. The van der Waals surface area contributed by atoms with Crippen LogP contribution in [0.3, 0.4) is 0 Å². The molecular weight excluding hydrogens is 447 g/mol. The number of aromatic nitrogens is 2. The third kappa shape index (κ3) is 5.14. The molecule has 1 unspecified atom stereocenters. The number of anilines is 2.